The number of nitrogens with zero attached hydrogens (tertiary/aromatic N) is 4. The Bertz CT molecular complexity index is 1110. The van der Waals surface area contributed by atoms with Gasteiger partial charge >= 0.3 is 18.0 Å². The highest BCUT2D eigenvalue weighted by atomic mass is 16.8. The molecule has 10 heteroatoms. The number of aliphatic imine (C=N–C) groups is 1. The van der Waals surface area contributed by atoms with Crippen LogP contribution < -0.4 is 9.80 Å². The molecule has 1 aromatic heterocycles. The molecule has 1 fully saturated rings. The number of hydroxylamine groups is 3. The van der Waals surface area contributed by atoms with Crippen LogP contribution >= 0.6 is 0 Å². The van der Waals surface area contributed by atoms with Crippen LogP contribution in [0.2, 0.25) is 0 Å². The number of anilines is 1. The van der Waals surface area contributed by atoms with Gasteiger partial charge in [0.05, 0.1) is 19.3 Å². The number of aryl methyl sites for hydroxylation is 2. The average molecular weight is 438 g/mol. The normalized spacial score (nSPS) is 16.1. The van der Waals surface area contributed by atoms with Crippen LogP contribution in [0.3, 0.4) is 0 Å². The number of ether oxygens (including phenoxy) is 1. The van der Waals surface area contributed by atoms with E-state index in [4.69, 9.17) is 14.4 Å². The Morgan fingerprint density at radius 2 is 1.78 bits per heavy atom. The number of urea groups is 1. The Morgan fingerprint density at radius 3 is 2.50 bits per heavy atom. The molecule has 2 aliphatic rings. The van der Waals surface area contributed by atoms with Crippen molar-refractivity contribution in [3.05, 3.63) is 52.8 Å². The van der Waals surface area contributed by atoms with Crippen LogP contribution in [0, 0.1) is 13.8 Å². The second-order valence-electron chi connectivity index (χ2n) is 7.41. The van der Waals surface area contributed by atoms with E-state index < -0.39 is 18.0 Å². The number of aromatic nitrogens is 1. The number of methoxy groups -OCH3 is 1. The number of rotatable bonds is 5. The first-order chi connectivity index (χ1) is 15.4. The highest BCUT2D eigenvalue weighted by molar-refractivity contribution is 6.30. The van der Waals surface area contributed by atoms with Gasteiger partial charge in [-0.05, 0) is 49.1 Å². The van der Waals surface area contributed by atoms with Crippen LogP contribution in [0.5, 0.6) is 5.75 Å². The fraction of sp³-hybridized carbons (Fsp3) is 0.318. The highest BCUT2D eigenvalue weighted by Gasteiger charge is 2.39. The molecule has 2 amide bonds. The van der Waals surface area contributed by atoms with Gasteiger partial charge in [-0.2, -0.15) is 0 Å². The maximum atomic E-state index is 13.2. The Balaban J connectivity index is 1.60. The van der Waals surface area contributed by atoms with Crippen molar-refractivity contribution in [2.24, 2.45) is 4.99 Å². The second kappa shape index (κ2) is 8.66. The molecule has 0 radical (unpaired) electrons. The smallest absolute Gasteiger partial charge is 0.444 e. The molecule has 0 N–H and O–H groups in total. The Labute approximate surface area is 184 Å². The summed E-state index contributed by atoms with van der Waals surface area (Å²) in [6.07, 6.45) is 4.16. The number of amides is 2. The third-order valence-electron chi connectivity index (χ3n) is 5.27. The minimum Gasteiger partial charge on any atom is -0.497 e. The predicted octanol–water partition coefficient (Wildman–Crippen LogP) is 2.30. The lowest BCUT2D eigenvalue weighted by Gasteiger charge is -2.25. The summed E-state index contributed by atoms with van der Waals surface area (Å²) in [5.41, 5.74) is 4.32. The molecule has 166 valence electrons. The molecule has 10 nitrogen and oxygen atoms in total. The largest absolute Gasteiger partial charge is 0.497 e. The summed E-state index contributed by atoms with van der Waals surface area (Å²) in [4.78, 5) is 56.0. The van der Waals surface area contributed by atoms with Crippen molar-refractivity contribution < 1.29 is 28.8 Å². The fourth-order valence-electron chi connectivity index (χ4n) is 3.72. The minimum absolute atomic E-state index is 0.0175. The molecule has 0 bridgehead atoms. The lowest BCUT2D eigenvalue weighted by atomic mass is 9.95. The van der Waals surface area contributed by atoms with Gasteiger partial charge < -0.3 is 14.4 Å². The van der Waals surface area contributed by atoms with Gasteiger partial charge in [0.2, 0.25) is 0 Å². The fourth-order valence-corrected chi connectivity index (χ4v) is 3.72. The van der Waals surface area contributed by atoms with Crippen molar-refractivity contribution in [1.82, 2.24) is 10.0 Å². The van der Waals surface area contributed by atoms with Gasteiger partial charge in [0.25, 0.3) is 0 Å². The summed E-state index contributed by atoms with van der Waals surface area (Å²) in [6, 6.07) is 4.97. The van der Waals surface area contributed by atoms with Crippen LogP contribution in [-0.4, -0.2) is 53.9 Å². The van der Waals surface area contributed by atoms with E-state index >= 15 is 0 Å². The quantitative estimate of drug-likeness (QED) is 0.659. The van der Waals surface area contributed by atoms with Gasteiger partial charge in [0.15, 0.2) is 0 Å². The topological polar surface area (TPSA) is 111 Å². The number of hydrogen-bond donors (Lipinski definition) is 0. The summed E-state index contributed by atoms with van der Waals surface area (Å²) in [7, 11) is 1.59. The molecule has 3 heterocycles. The number of pyridine rings is 1. The molecular formula is C22H22N4O6. The van der Waals surface area contributed by atoms with Crippen LogP contribution in [0.15, 0.2) is 35.6 Å². The molecule has 0 unspecified atom stereocenters. The van der Waals surface area contributed by atoms with E-state index in [0.717, 1.165) is 33.4 Å². The van der Waals surface area contributed by atoms with Gasteiger partial charge in [0, 0.05) is 36.6 Å². The first kappa shape index (κ1) is 21.3. The standard InChI is InChI=1S/C22H22N4O6/c1-13-11-23-12-14(2)19(13)26-22(29)25(31-20(27)21(28)32-26)9-7-18-17-10-16(30-3)5-4-15(17)6-8-24-18/h4-5,10-12H,6-9H2,1-3H3. The van der Waals surface area contributed by atoms with Crippen LogP contribution in [0.4, 0.5) is 10.5 Å². The van der Waals surface area contributed by atoms with Gasteiger partial charge in [-0.1, -0.05) is 6.07 Å². The summed E-state index contributed by atoms with van der Waals surface area (Å²) in [6.45, 7) is 4.03. The van der Waals surface area contributed by atoms with Crippen molar-refractivity contribution in [3.63, 3.8) is 0 Å². The van der Waals surface area contributed by atoms with E-state index in [0.29, 0.717) is 35.5 Å². The molecule has 4 rings (SSSR count). The van der Waals surface area contributed by atoms with Crippen LogP contribution in [0.25, 0.3) is 0 Å². The van der Waals surface area contributed by atoms with Crippen molar-refractivity contribution in [3.8, 4) is 5.75 Å². The SMILES string of the molecule is COc1ccc2c(c1)C(CCN1OC(=O)C(=O)ON(c3c(C)cncc3C)C1=O)=NCC2. The number of carbonyl (C=O) groups is 3. The Kier molecular flexibility index (Phi) is 5.76. The molecule has 2 aromatic rings. The average Bonchev–Trinajstić information content (AvgIpc) is 2.89. The molecular weight excluding hydrogens is 416 g/mol. The van der Waals surface area contributed by atoms with E-state index in [1.807, 2.05) is 18.2 Å². The maximum Gasteiger partial charge on any atom is 0.444 e. The monoisotopic (exact) mass is 438 g/mol. The Morgan fingerprint density at radius 1 is 1.06 bits per heavy atom. The predicted molar refractivity (Wildman–Crippen MR) is 113 cm³/mol. The van der Waals surface area contributed by atoms with Gasteiger partial charge in [-0.25, -0.2) is 14.4 Å². The van der Waals surface area contributed by atoms with Crippen molar-refractivity contribution in [1.29, 1.82) is 0 Å². The number of fused-ring (bicyclic) bond motifs is 1. The first-order valence-corrected chi connectivity index (χ1v) is 10.1. The lowest BCUT2D eigenvalue weighted by Crippen LogP contribution is -2.42. The third kappa shape index (κ3) is 3.98. The zero-order valence-corrected chi connectivity index (χ0v) is 18.0. The molecule has 0 atom stereocenters. The number of benzene rings is 1. The highest BCUT2D eigenvalue weighted by Crippen LogP contribution is 2.28. The van der Waals surface area contributed by atoms with Crippen LogP contribution in [0.1, 0.15) is 28.7 Å². The molecule has 0 saturated carbocycles. The van der Waals surface area contributed by atoms with Crippen molar-refractivity contribution in [2.75, 3.05) is 25.3 Å². The Hall–Kier alpha value is -3.95. The van der Waals surface area contributed by atoms with E-state index in [9.17, 15) is 14.4 Å². The second-order valence-corrected chi connectivity index (χ2v) is 7.41. The van der Waals surface area contributed by atoms with E-state index in [1.165, 1.54) is 12.4 Å². The van der Waals surface area contributed by atoms with Crippen molar-refractivity contribution >= 4 is 29.4 Å². The molecule has 1 saturated heterocycles. The molecule has 2 aliphatic heterocycles. The van der Waals surface area contributed by atoms with Crippen molar-refractivity contribution in [2.45, 2.75) is 26.7 Å². The molecule has 0 aliphatic carbocycles. The summed E-state index contributed by atoms with van der Waals surface area (Å²) in [5.74, 6) is -1.87. The number of carbonyl (C=O) groups excluding carboxylic acids is 3. The van der Waals surface area contributed by atoms with Gasteiger partial charge in [-0.15, -0.1) is 10.1 Å². The zero-order valence-electron chi connectivity index (χ0n) is 18.0. The lowest BCUT2D eigenvalue weighted by molar-refractivity contribution is -0.182. The van der Waals surface area contributed by atoms with E-state index in [-0.39, 0.29) is 6.54 Å². The maximum absolute atomic E-state index is 13.2. The van der Waals surface area contributed by atoms with E-state index in [2.05, 4.69) is 9.98 Å². The zero-order chi connectivity index (χ0) is 22.8. The third-order valence-corrected chi connectivity index (χ3v) is 5.27. The van der Waals surface area contributed by atoms with Gasteiger partial charge in [-0.3, -0.25) is 9.98 Å². The first-order valence-electron chi connectivity index (χ1n) is 10.1. The molecule has 32 heavy (non-hydrogen) atoms. The van der Waals surface area contributed by atoms with Crippen LogP contribution in [-0.2, 0) is 25.7 Å². The summed E-state index contributed by atoms with van der Waals surface area (Å²) < 4.78 is 5.31. The summed E-state index contributed by atoms with van der Waals surface area (Å²) >= 11 is 0. The van der Waals surface area contributed by atoms with Gasteiger partial charge in [0.1, 0.15) is 5.75 Å². The van der Waals surface area contributed by atoms with E-state index in [1.54, 1.807) is 21.0 Å². The molecule has 1 aromatic carbocycles. The minimum atomic E-state index is -1.29. The molecule has 0 spiro atoms. The number of hydrogen-bond acceptors (Lipinski definition) is 8. The summed E-state index contributed by atoms with van der Waals surface area (Å²) in [5, 5.41) is 1.60.